The molecule has 0 bridgehead atoms. The molecule has 1 aromatic carbocycles. The number of ether oxygens (including phenoxy) is 2. The van der Waals surface area contributed by atoms with Gasteiger partial charge in [0.25, 0.3) is 0 Å². The van der Waals surface area contributed by atoms with Crippen LogP contribution in [0.25, 0.3) is 0 Å². The third kappa shape index (κ3) is 4.21. The second-order valence-electron chi connectivity index (χ2n) is 5.70. The summed E-state index contributed by atoms with van der Waals surface area (Å²) in [6, 6.07) is 8.94. The summed E-state index contributed by atoms with van der Waals surface area (Å²) in [5, 5.41) is 3.72. The van der Waals surface area contributed by atoms with Crippen LogP contribution < -0.4 is 10.1 Å². The summed E-state index contributed by atoms with van der Waals surface area (Å²) in [6.07, 6.45) is 3.77. The summed E-state index contributed by atoms with van der Waals surface area (Å²) >= 11 is 0. The first-order chi connectivity index (χ1) is 10.3. The highest BCUT2D eigenvalue weighted by atomic mass is 16.5. The van der Waals surface area contributed by atoms with Crippen LogP contribution in [-0.2, 0) is 4.74 Å². The molecular formula is C18H29NO2. The first-order valence-corrected chi connectivity index (χ1v) is 8.37. The van der Waals surface area contributed by atoms with Gasteiger partial charge in [-0.05, 0) is 50.4 Å². The Morgan fingerprint density at radius 3 is 2.62 bits per heavy atom. The number of nitrogens with one attached hydrogen (secondary N) is 1. The molecule has 0 amide bonds. The Morgan fingerprint density at radius 1 is 1.24 bits per heavy atom. The Labute approximate surface area is 129 Å². The fourth-order valence-corrected chi connectivity index (χ4v) is 3.22. The Morgan fingerprint density at radius 2 is 2.00 bits per heavy atom. The molecule has 1 saturated heterocycles. The van der Waals surface area contributed by atoms with Crippen LogP contribution in [0.3, 0.4) is 0 Å². The van der Waals surface area contributed by atoms with Crippen molar-refractivity contribution in [3.63, 3.8) is 0 Å². The Hall–Kier alpha value is -1.06. The fourth-order valence-electron chi connectivity index (χ4n) is 3.22. The predicted octanol–water partition coefficient (Wildman–Crippen LogP) is 3.94. The van der Waals surface area contributed by atoms with Crippen molar-refractivity contribution in [2.45, 2.75) is 52.2 Å². The van der Waals surface area contributed by atoms with E-state index in [4.69, 9.17) is 9.47 Å². The topological polar surface area (TPSA) is 30.5 Å². The molecular weight excluding hydrogens is 262 g/mol. The molecule has 21 heavy (non-hydrogen) atoms. The predicted molar refractivity (Wildman–Crippen MR) is 86.8 cm³/mol. The SMILES string of the molecule is CCCNC(c1ccc(OCC)cc1)C1CCOC1CC. The highest BCUT2D eigenvalue weighted by Crippen LogP contribution is 2.35. The summed E-state index contributed by atoms with van der Waals surface area (Å²) < 4.78 is 11.4. The third-order valence-electron chi connectivity index (χ3n) is 4.26. The van der Waals surface area contributed by atoms with Gasteiger partial charge >= 0.3 is 0 Å². The first kappa shape index (κ1) is 16.3. The summed E-state index contributed by atoms with van der Waals surface area (Å²) in [7, 11) is 0. The molecule has 2 rings (SSSR count). The van der Waals surface area contributed by atoms with Crippen LogP contribution in [0.2, 0.25) is 0 Å². The molecule has 0 aliphatic carbocycles. The van der Waals surface area contributed by atoms with Gasteiger partial charge in [0.05, 0.1) is 12.7 Å². The van der Waals surface area contributed by atoms with E-state index in [0.29, 0.717) is 24.7 Å². The van der Waals surface area contributed by atoms with Crippen LogP contribution in [0.1, 0.15) is 51.6 Å². The van der Waals surface area contributed by atoms with Crippen LogP contribution in [0.15, 0.2) is 24.3 Å². The van der Waals surface area contributed by atoms with Gasteiger partial charge in [-0.15, -0.1) is 0 Å². The van der Waals surface area contributed by atoms with Gasteiger partial charge in [0, 0.05) is 18.6 Å². The van der Waals surface area contributed by atoms with Crippen molar-refractivity contribution in [3.05, 3.63) is 29.8 Å². The van der Waals surface area contributed by atoms with E-state index in [1.807, 2.05) is 6.92 Å². The Balaban J connectivity index is 2.14. The van der Waals surface area contributed by atoms with Gasteiger partial charge < -0.3 is 14.8 Å². The van der Waals surface area contributed by atoms with E-state index in [1.54, 1.807) is 0 Å². The average molecular weight is 291 g/mol. The minimum atomic E-state index is 0.380. The van der Waals surface area contributed by atoms with Crippen LogP contribution in [-0.4, -0.2) is 25.9 Å². The minimum Gasteiger partial charge on any atom is -0.494 e. The molecule has 118 valence electrons. The maximum atomic E-state index is 5.89. The molecule has 3 nitrogen and oxygen atoms in total. The average Bonchev–Trinajstić information content (AvgIpc) is 2.98. The second-order valence-corrected chi connectivity index (χ2v) is 5.70. The van der Waals surface area contributed by atoms with Crippen molar-refractivity contribution in [1.82, 2.24) is 5.32 Å². The Bertz CT molecular complexity index is 404. The van der Waals surface area contributed by atoms with Gasteiger partial charge in [-0.2, -0.15) is 0 Å². The number of rotatable bonds is 8. The number of hydrogen-bond acceptors (Lipinski definition) is 3. The zero-order valence-corrected chi connectivity index (χ0v) is 13.6. The molecule has 3 atom stereocenters. The maximum Gasteiger partial charge on any atom is 0.119 e. The number of benzene rings is 1. The van der Waals surface area contributed by atoms with E-state index < -0.39 is 0 Å². The first-order valence-electron chi connectivity index (χ1n) is 8.37. The van der Waals surface area contributed by atoms with Gasteiger partial charge in [0.15, 0.2) is 0 Å². The molecule has 1 N–H and O–H groups in total. The zero-order valence-electron chi connectivity index (χ0n) is 13.6. The normalized spacial score (nSPS) is 23.2. The molecule has 1 heterocycles. The van der Waals surface area contributed by atoms with E-state index in [2.05, 4.69) is 43.4 Å². The van der Waals surface area contributed by atoms with Crippen molar-refractivity contribution in [3.8, 4) is 5.75 Å². The minimum absolute atomic E-state index is 0.380. The van der Waals surface area contributed by atoms with Crippen molar-refractivity contribution < 1.29 is 9.47 Å². The van der Waals surface area contributed by atoms with Crippen molar-refractivity contribution in [1.29, 1.82) is 0 Å². The summed E-state index contributed by atoms with van der Waals surface area (Å²) in [6.45, 7) is 9.10. The number of hydrogen-bond donors (Lipinski definition) is 1. The van der Waals surface area contributed by atoms with Crippen molar-refractivity contribution >= 4 is 0 Å². The molecule has 1 fully saturated rings. The highest BCUT2D eigenvalue weighted by molar-refractivity contribution is 5.30. The molecule has 0 radical (unpaired) electrons. The van der Waals surface area contributed by atoms with Crippen LogP contribution >= 0.6 is 0 Å². The summed E-state index contributed by atoms with van der Waals surface area (Å²) in [4.78, 5) is 0. The van der Waals surface area contributed by atoms with Crippen LogP contribution in [0, 0.1) is 5.92 Å². The Kier molecular flexibility index (Phi) is 6.52. The standard InChI is InChI=1S/C18H29NO2/c1-4-12-19-18(16-11-13-21-17(16)5-2)14-7-9-15(10-8-14)20-6-3/h7-10,16-19H,4-6,11-13H2,1-3H3. The molecule has 3 unspecified atom stereocenters. The fraction of sp³-hybridized carbons (Fsp3) is 0.667. The van der Waals surface area contributed by atoms with Crippen LogP contribution in [0.4, 0.5) is 0 Å². The highest BCUT2D eigenvalue weighted by Gasteiger charge is 2.34. The lowest BCUT2D eigenvalue weighted by molar-refractivity contribution is 0.0774. The van der Waals surface area contributed by atoms with Crippen molar-refractivity contribution in [2.75, 3.05) is 19.8 Å². The molecule has 1 aromatic rings. The van der Waals surface area contributed by atoms with E-state index in [9.17, 15) is 0 Å². The zero-order chi connectivity index (χ0) is 15.1. The van der Waals surface area contributed by atoms with E-state index >= 15 is 0 Å². The molecule has 0 aromatic heterocycles. The van der Waals surface area contributed by atoms with Gasteiger partial charge in [-0.1, -0.05) is 26.0 Å². The monoisotopic (exact) mass is 291 g/mol. The third-order valence-corrected chi connectivity index (χ3v) is 4.26. The van der Waals surface area contributed by atoms with Gasteiger partial charge in [0.1, 0.15) is 5.75 Å². The maximum absolute atomic E-state index is 5.89. The molecule has 0 saturated carbocycles. The smallest absolute Gasteiger partial charge is 0.119 e. The summed E-state index contributed by atoms with van der Waals surface area (Å²) in [5.74, 6) is 1.52. The molecule has 3 heteroatoms. The van der Waals surface area contributed by atoms with E-state index in [1.165, 1.54) is 5.56 Å². The van der Waals surface area contributed by atoms with Crippen molar-refractivity contribution in [2.24, 2.45) is 5.92 Å². The molecule has 0 spiro atoms. The largest absolute Gasteiger partial charge is 0.494 e. The quantitative estimate of drug-likeness (QED) is 0.787. The lowest BCUT2D eigenvalue weighted by atomic mass is 9.86. The summed E-state index contributed by atoms with van der Waals surface area (Å²) in [5.41, 5.74) is 1.35. The van der Waals surface area contributed by atoms with Gasteiger partial charge in [0.2, 0.25) is 0 Å². The van der Waals surface area contributed by atoms with Gasteiger partial charge in [-0.3, -0.25) is 0 Å². The van der Waals surface area contributed by atoms with Crippen LogP contribution in [0.5, 0.6) is 5.75 Å². The molecule has 1 aliphatic heterocycles. The lowest BCUT2D eigenvalue weighted by Crippen LogP contribution is -2.33. The lowest BCUT2D eigenvalue weighted by Gasteiger charge is -2.28. The van der Waals surface area contributed by atoms with Gasteiger partial charge in [-0.25, -0.2) is 0 Å². The molecule has 1 aliphatic rings. The second kappa shape index (κ2) is 8.40. The van der Waals surface area contributed by atoms with E-state index in [-0.39, 0.29) is 0 Å². The van der Waals surface area contributed by atoms with E-state index in [0.717, 1.165) is 38.2 Å².